The summed E-state index contributed by atoms with van der Waals surface area (Å²) in [6.07, 6.45) is 3.10. The molecule has 2 heterocycles. The van der Waals surface area contributed by atoms with Crippen molar-refractivity contribution in [2.75, 3.05) is 26.7 Å². The van der Waals surface area contributed by atoms with Crippen LogP contribution in [-0.4, -0.2) is 42.7 Å². The maximum absolute atomic E-state index is 5.07. The van der Waals surface area contributed by atoms with Crippen LogP contribution in [0.5, 0.6) is 5.88 Å². The standard InChI is InChI=1S/C13H21N3O/c1-3-6-16(12-8-14-9-12)10-11-4-5-13(17-2)15-7-11/h4-5,7,12,14H,3,6,8-10H2,1-2H3. The number of rotatable bonds is 6. The minimum atomic E-state index is 0.682. The largest absolute Gasteiger partial charge is 0.481 e. The van der Waals surface area contributed by atoms with Gasteiger partial charge in [-0.25, -0.2) is 4.98 Å². The second-order valence-corrected chi connectivity index (χ2v) is 4.49. The lowest BCUT2D eigenvalue weighted by molar-refractivity contribution is 0.137. The quantitative estimate of drug-likeness (QED) is 0.806. The number of ether oxygens (including phenoxy) is 1. The molecule has 0 amide bonds. The Morgan fingerprint density at radius 3 is 2.76 bits per heavy atom. The van der Waals surface area contributed by atoms with Crippen molar-refractivity contribution in [1.29, 1.82) is 0 Å². The van der Waals surface area contributed by atoms with E-state index in [9.17, 15) is 0 Å². The number of methoxy groups -OCH3 is 1. The van der Waals surface area contributed by atoms with E-state index in [-0.39, 0.29) is 0 Å². The third kappa shape index (κ3) is 3.17. The summed E-state index contributed by atoms with van der Waals surface area (Å²) >= 11 is 0. The Morgan fingerprint density at radius 1 is 1.47 bits per heavy atom. The monoisotopic (exact) mass is 235 g/mol. The van der Waals surface area contributed by atoms with Crippen molar-refractivity contribution in [1.82, 2.24) is 15.2 Å². The first-order valence-corrected chi connectivity index (χ1v) is 6.27. The van der Waals surface area contributed by atoms with Gasteiger partial charge in [0.15, 0.2) is 0 Å². The lowest BCUT2D eigenvalue weighted by Crippen LogP contribution is -2.56. The van der Waals surface area contributed by atoms with E-state index in [1.807, 2.05) is 12.3 Å². The Labute approximate surface area is 103 Å². The van der Waals surface area contributed by atoms with E-state index in [1.54, 1.807) is 7.11 Å². The number of hydrogen-bond acceptors (Lipinski definition) is 4. The Morgan fingerprint density at radius 2 is 2.29 bits per heavy atom. The molecular formula is C13H21N3O. The summed E-state index contributed by atoms with van der Waals surface area (Å²) in [5, 5.41) is 3.33. The van der Waals surface area contributed by atoms with Crippen LogP contribution in [0.4, 0.5) is 0 Å². The highest BCUT2D eigenvalue weighted by molar-refractivity contribution is 5.17. The summed E-state index contributed by atoms with van der Waals surface area (Å²) in [6.45, 7) is 6.59. The van der Waals surface area contributed by atoms with E-state index < -0.39 is 0 Å². The summed E-state index contributed by atoms with van der Waals surface area (Å²) in [5.74, 6) is 0.682. The highest BCUT2D eigenvalue weighted by Crippen LogP contribution is 2.13. The Bertz CT molecular complexity index is 335. The zero-order valence-corrected chi connectivity index (χ0v) is 10.6. The molecule has 0 aromatic carbocycles. The van der Waals surface area contributed by atoms with Crippen LogP contribution >= 0.6 is 0 Å². The predicted molar refractivity (Wildman–Crippen MR) is 68.1 cm³/mol. The molecule has 0 atom stereocenters. The van der Waals surface area contributed by atoms with Gasteiger partial charge in [0.1, 0.15) is 0 Å². The molecule has 94 valence electrons. The molecule has 2 rings (SSSR count). The van der Waals surface area contributed by atoms with Crippen LogP contribution in [0.2, 0.25) is 0 Å². The van der Waals surface area contributed by atoms with Gasteiger partial charge in [-0.05, 0) is 18.5 Å². The lowest BCUT2D eigenvalue weighted by atomic mass is 10.1. The summed E-state index contributed by atoms with van der Waals surface area (Å²) in [5.41, 5.74) is 1.26. The van der Waals surface area contributed by atoms with Crippen molar-refractivity contribution < 1.29 is 4.74 Å². The molecule has 1 N–H and O–H groups in total. The fourth-order valence-electron chi connectivity index (χ4n) is 2.07. The molecule has 1 aromatic rings. The highest BCUT2D eigenvalue weighted by atomic mass is 16.5. The number of hydrogen-bond donors (Lipinski definition) is 1. The van der Waals surface area contributed by atoms with Gasteiger partial charge in [0.05, 0.1) is 7.11 Å². The zero-order valence-electron chi connectivity index (χ0n) is 10.6. The minimum Gasteiger partial charge on any atom is -0.481 e. The number of pyridine rings is 1. The van der Waals surface area contributed by atoms with Crippen molar-refractivity contribution >= 4 is 0 Å². The molecule has 4 nitrogen and oxygen atoms in total. The van der Waals surface area contributed by atoms with Gasteiger partial charge < -0.3 is 10.1 Å². The molecule has 1 aromatic heterocycles. The summed E-state index contributed by atoms with van der Waals surface area (Å²) < 4.78 is 5.07. The van der Waals surface area contributed by atoms with Crippen molar-refractivity contribution in [3.8, 4) is 5.88 Å². The van der Waals surface area contributed by atoms with Crippen LogP contribution in [0.3, 0.4) is 0 Å². The normalized spacial score (nSPS) is 15.9. The highest BCUT2D eigenvalue weighted by Gasteiger charge is 2.23. The fourth-order valence-corrected chi connectivity index (χ4v) is 2.07. The smallest absolute Gasteiger partial charge is 0.212 e. The number of nitrogens with one attached hydrogen (secondary N) is 1. The van der Waals surface area contributed by atoms with Crippen LogP contribution in [0.15, 0.2) is 18.3 Å². The van der Waals surface area contributed by atoms with Crippen LogP contribution in [-0.2, 0) is 6.54 Å². The average molecular weight is 235 g/mol. The maximum Gasteiger partial charge on any atom is 0.212 e. The molecule has 0 radical (unpaired) electrons. The van der Waals surface area contributed by atoms with Gasteiger partial charge in [-0.15, -0.1) is 0 Å². The molecule has 0 aliphatic carbocycles. The predicted octanol–water partition coefficient (Wildman–Crippen LogP) is 1.27. The Kier molecular flexibility index (Phi) is 4.34. The van der Waals surface area contributed by atoms with Crippen molar-refractivity contribution in [3.63, 3.8) is 0 Å². The molecule has 0 bridgehead atoms. The molecule has 1 aliphatic heterocycles. The van der Waals surface area contributed by atoms with Gasteiger partial charge in [0.2, 0.25) is 5.88 Å². The molecule has 0 unspecified atom stereocenters. The molecule has 4 heteroatoms. The molecule has 1 saturated heterocycles. The average Bonchev–Trinajstić information content (AvgIpc) is 2.28. The molecule has 0 spiro atoms. The van der Waals surface area contributed by atoms with E-state index >= 15 is 0 Å². The summed E-state index contributed by atoms with van der Waals surface area (Å²) in [7, 11) is 1.64. The molecule has 0 saturated carbocycles. The first kappa shape index (κ1) is 12.3. The second-order valence-electron chi connectivity index (χ2n) is 4.49. The van der Waals surface area contributed by atoms with Crippen molar-refractivity contribution in [2.24, 2.45) is 0 Å². The van der Waals surface area contributed by atoms with Crippen LogP contribution < -0.4 is 10.1 Å². The van der Waals surface area contributed by atoms with E-state index in [0.29, 0.717) is 11.9 Å². The lowest BCUT2D eigenvalue weighted by Gasteiger charge is -2.38. The van der Waals surface area contributed by atoms with Crippen molar-refractivity contribution in [2.45, 2.75) is 25.9 Å². The fraction of sp³-hybridized carbons (Fsp3) is 0.615. The molecule has 1 aliphatic rings. The van der Waals surface area contributed by atoms with Gasteiger partial charge in [0.25, 0.3) is 0 Å². The zero-order chi connectivity index (χ0) is 12.1. The maximum atomic E-state index is 5.07. The topological polar surface area (TPSA) is 37.4 Å². The van der Waals surface area contributed by atoms with Crippen molar-refractivity contribution in [3.05, 3.63) is 23.9 Å². The van der Waals surface area contributed by atoms with Gasteiger partial charge >= 0.3 is 0 Å². The summed E-state index contributed by atoms with van der Waals surface area (Å²) in [6, 6.07) is 4.72. The molecule has 1 fully saturated rings. The van der Waals surface area contributed by atoms with Gasteiger partial charge in [0, 0.05) is 37.9 Å². The van der Waals surface area contributed by atoms with E-state index in [0.717, 1.165) is 26.2 Å². The minimum absolute atomic E-state index is 0.682. The number of nitrogens with zero attached hydrogens (tertiary/aromatic N) is 2. The van der Waals surface area contributed by atoms with E-state index in [2.05, 4.69) is 28.2 Å². The van der Waals surface area contributed by atoms with Gasteiger partial charge in [-0.1, -0.05) is 13.0 Å². The Balaban J connectivity index is 1.95. The van der Waals surface area contributed by atoms with Crippen LogP contribution in [0.25, 0.3) is 0 Å². The van der Waals surface area contributed by atoms with Gasteiger partial charge in [-0.3, -0.25) is 4.90 Å². The first-order valence-electron chi connectivity index (χ1n) is 6.27. The van der Waals surface area contributed by atoms with E-state index in [1.165, 1.54) is 12.0 Å². The SMILES string of the molecule is CCCN(Cc1ccc(OC)nc1)C1CNC1. The molecule has 17 heavy (non-hydrogen) atoms. The Hall–Kier alpha value is -1.13. The van der Waals surface area contributed by atoms with E-state index in [4.69, 9.17) is 4.74 Å². The number of aromatic nitrogens is 1. The van der Waals surface area contributed by atoms with Crippen LogP contribution in [0.1, 0.15) is 18.9 Å². The molecular weight excluding hydrogens is 214 g/mol. The first-order chi connectivity index (χ1) is 8.33. The summed E-state index contributed by atoms with van der Waals surface area (Å²) in [4.78, 5) is 6.78. The third-order valence-electron chi connectivity index (χ3n) is 3.18. The van der Waals surface area contributed by atoms with Crippen LogP contribution in [0, 0.1) is 0 Å². The van der Waals surface area contributed by atoms with Gasteiger partial charge in [-0.2, -0.15) is 0 Å². The second kappa shape index (κ2) is 5.98. The third-order valence-corrected chi connectivity index (χ3v) is 3.18.